The van der Waals surface area contributed by atoms with Gasteiger partial charge in [0.05, 0.1) is 23.8 Å². The summed E-state index contributed by atoms with van der Waals surface area (Å²) in [4.78, 5) is 15.6. The summed E-state index contributed by atoms with van der Waals surface area (Å²) in [5.74, 6) is -0.147. The summed E-state index contributed by atoms with van der Waals surface area (Å²) < 4.78 is 57.0. The van der Waals surface area contributed by atoms with Crippen LogP contribution in [-0.4, -0.2) is 58.7 Å². The molecule has 0 bridgehead atoms. The van der Waals surface area contributed by atoms with Gasteiger partial charge < -0.3 is 24.0 Å². The average molecular weight is 446 g/mol. The van der Waals surface area contributed by atoms with E-state index in [1.54, 1.807) is 18.2 Å². The first-order valence-electron chi connectivity index (χ1n) is 9.77. The molecule has 3 aliphatic rings. The van der Waals surface area contributed by atoms with Gasteiger partial charge in [0.2, 0.25) is 9.84 Å². The molecule has 3 aliphatic heterocycles. The zero-order valence-electron chi connectivity index (χ0n) is 16.4. The van der Waals surface area contributed by atoms with E-state index in [1.165, 1.54) is 22.1 Å². The quantitative estimate of drug-likeness (QED) is 0.654. The normalized spacial score (nSPS) is 19.5. The van der Waals surface area contributed by atoms with E-state index in [2.05, 4.69) is 0 Å². The molecule has 8 nitrogen and oxygen atoms in total. The van der Waals surface area contributed by atoms with Crippen LogP contribution in [0.15, 0.2) is 52.4 Å². The summed E-state index contributed by atoms with van der Waals surface area (Å²) in [6.45, 7) is 2.09. The van der Waals surface area contributed by atoms with Gasteiger partial charge in [-0.1, -0.05) is 0 Å². The lowest BCUT2D eigenvalue weighted by molar-refractivity contribution is -0.130. The third-order valence-electron chi connectivity index (χ3n) is 5.32. The number of fused-ring (bicyclic) bond motifs is 2. The Bertz CT molecular complexity index is 1190. The second-order valence-corrected chi connectivity index (χ2v) is 9.10. The Morgan fingerprint density at radius 3 is 2.45 bits per heavy atom. The van der Waals surface area contributed by atoms with Crippen molar-refractivity contribution < 1.29 is 31.8 Å². The summed E-state index contributed by atoms with van der Waals surface area (Å²) in [5, 5.41) is 0. The van der Waals surface area contributed by atoms with Crippen LogP contribution in [0.4, 0.5) is 15.8 Å². The number of hydrogen-bond acceptors (Lipinski definition) is 7. The molecule has 0 unspecified atom stereocenters. The highest BCUT2D eigenvalue weighted by molar-refractivity contribution is 7.96. The van der Waals surface area contributed by atoms with Crippen LogP contribution in [-0.2, 0) is 19.4 Å². The standard InChI is InChI=1S/C21H19FN2O6S/c22-14-1-4-19-16(11-14)24(15-2-3-17-18(12-15)30-10-9-29-17)13-20(31(19,26)27)21(25)23-5-7-28-8-6-23/h1-4,11-13H,5-10H2. The Balaban J connectivity index is 1.65. The zero-order chi connectivity index (χ0) is 21.6. The molecule has 0 radical (unpaired) electrons. The Kier molecular flexibility index (Phi) is 4.82. The highest BCUT2D eigenvalue weighted by Crippen LogP contribution is 2.43. The second kappa shape index (κ2) is 7.54. The molecule has 2 aromatic rings. The smallest absolute Gasteiger partial charge is 0.267 e. The van der Waals surface area contributed by atoms with Crippen molar-refractivity contribution in [1.82, 2.24) is 4.90 Å². The number of benzene rings is 2. The third-order valence-corrected chi connectivity index (χ3v) is 7.10. The maximum atomic E-state index is 14.1. The first-order valence-corrected chi connectivity index (χ1v) is 11.3. The SMILES string of the molecule is O=C(C1=CN(c2ccc3c(c2)OCCO3)c2cc(F)ccc2S1(=O)=O)N1CCOCC1. The number of amides is 1. The van der Waals surface area contributed by atoms with Crippen LogP contribution in [0, 0.1) is 5.82 Å². The van der Waals surface area contributed by atoms with Crippen molar-refractivity contribution in [3.63, 3.8) is 0 Å². The lowest BCUT2D eigenvalue weighted by atomic mass is 10.2. The molecule has 2 aromatic carbocycles. The van der Waals surface area contributed by atoms with E-state index in [0.717, 1.165) is 12.1 Å². The fourth-order valence-corrected chi connectivity index (χ4v) is 5.29. The van der Waals surface area contributed by atoms with Gasteiger partial charge in [-0.2, -0.15) is 0 Å². The minimum atomic E-state index is -4.14. The predicted molar refractivity (Wildman–Crippen MR) is 109 cm³/mol. The lowest BCUT2D eigenvalue weighted by Gasteiger charge is -2.32. The van der Waals surface area contributed by atoms with Crippen LogP contribution in [0.25, 0.3) is 0 Å². The van der Waals surface area contributed by atoms with Gasteiger partial charge in [-0.3, -0.25) is 4.79 Å². The summed E-state index contributed by atoms with van der Waals surface area (Å²) >= 11 is 0. The molecule has 5 rings (SSSR count). The van der Waals surface area contributed by atoms with E-state index in [4.69, 9.17) is 14.2 Å². The lowest BCUT2D eigenvalue weighted by Crippen LogP contribution is -2.43. The fourth-order valence-electron chi connectivity index (χ4n) is 3.77. The first kappa shape index (κ1) is 19.8. The van der Waals surface area contributed by atoms with Crippen LogP contribution in [0.3, 0.4) is 0 Å². The molecule has 3 heterocycles. The van der Waals surface area contributed by atoms with Gasteiger partial charge >= 0.3 is 0 Å². The molecule has 10 heteroatoms. The summed E-state index contributed by atoms with van der Waals surface area (Å²) in [6, 6.07) is 8.46. The maximum absolute atomic E-state index is 14.1. The van der Waals surface area contributed by atoms with E-state index >= 15 is 0 Å². The molecular formula is C21H19FN2O6S. The van der Waals surface area contributed by atoms with Gasteiger partial charge in [0.1, 0.15) is 19.0 Å². The number of rotatable bonds is 2. The number of anilines is 2. The average Bonchev–Trinajstić information content (AvgIpc) is 2.79. The Morgan fingerprint density at radius 1 is 0.935 bits per heavy atom. The summed E-state index contributed by atoms with van der Waals surface area (Å²) in [6.07, 6.45) is 1.25. The molecule has 0 aromatic heterocycles. The minimum absolute atomic E-state index is 0.121. The topological polar surface area (TPSA) is 85.4 Å². The number of ether oxygens (including phenoxy) is 3. The number of morpholine rings is 1. The monoisotopic (exact) mass is 446 g/mol. The summed E-state index contributed by atoms with van der Waals surface area (Å²) in [7, 11) is -4.14. The molecule has 0 atom stereocenters. The van der Waals surface area contributed by atoms with Crippen molar-refractivity contribution >= 4 is 27.1 Å². The Hall–Kier alpha value is -3.11. The number of nitrogens with zero attached hydrogens (tertiary/aromatic N) is 2. The van der Waals surface area contributed by atoms with Crippen LogP contribution in [0.1, 0.15) is 0 Å². The molecule has 0 saturated carbocycles. The molecule has 0 aliphatic carbocycles. The van der Waals surface area contributed by atoms with Crippen LogP contribution in [0.2, 0.25) is 0 Å². The molecule has 31 heavy (non-hydrogen) atoms. The van der Waals surface area contributed by atoms with Crippen LogP contribution >= 0.6 is 0 Å². The van der Waals surface area contributed by atoms with Crippen molar-refractivity contribution in [2.24, 2.45) is 0 Å². The van der Waals surface area contributed by atoms with Crippen molar-refractivity contribution in [2.45, 2.75) is 4.90 Å². The van der Waals surface area contributed by atoms with E-state index in [0.29, 0.717) is 56.7 Å². The number of hydrogen-bond donors (Lipinski definition) is 0. The minimum Gasteiger partial charge on any atom is -0.486 e. The zero-order valence-corrected chi connectivity index (χ0v) is 17.2. The second-order valence-electron chi connectivity index (χ2n) is 7.21. The highest BCUT2D eigenvalue weighted by Gasteiger charge is 2.38. The third kappa shape index (κ3) is 3.41. The number of halogens is 1. The molecule has 1 saturated heterocycles. The Labute approximate surface area is 178 Å². The number of carbonyl (C=O) groups excluding carboxylic acids is 1. The van der Waals surface area contributed by atoms with E-state index in [-0.39, 0.29) is 15.5 Å². The molecule has 0 N–H and O–H groups in total. The van der Waals surface area contributed by atoms with Crippen LogP contribution < -0.4 is 14.4 Å². The van der Waals surface area contributed by atoms with Gasteiger partial charge in [0.25, 0.3) is 5.91 Å². The van der Waals surface area contributed by atoms with Crippen LogP contribution in [0.5, 0.6) is 11.5 Å². The van der Waals surface area contributed by atoms with Gasteiger partial charge in [0, 0.05) is 31.0 Å². The van der Waals surface area contributed by atoms with Gasteiger partial charge in [-0.25, -0.2) is 12.8 Å². The van der Waals surface area contributed by atoms with Crippen molar-refractivity contribution in [3.05, 3.63) is 53.3 Å². The molecule has 1 fully saturated rings. The largest absolute Gasteiger partial charge is 0.486 e. The van der Waals surface area contributed by atoms with Crippen molar-refractivity contribution in [2.75, 3.05) is 44.4 Å². The van der Waals surface area contributed by atoms with Gasteiger partial charge in [0.15, 0.2) is 16.4 Å². The summed E-state index contributed by atoms with van der Waals surface area (Å²) in [5.41, 5.74) is 0.633. The van der Waals surface area contributed by atoms with Crippen molar-refractivity contribution in [1.29, 1.82) is 0 Å². The van der Waals surface area contributed by atoms with E-state index in [9.17, 15) is 17.6 Å². The van der Waals surface area contributed by atoms with E-state index < -0.39 is 21.6 Å². The fraction of sp³-hybridized carbons (Fsp3) is 0.286. The molecular weight excluding hydrogens is 427 g/mol. The molecule has 1 amide bonds. The maximum Gasteiger partial charge on any atom is 0.267 e. The predicted octanol–water partition coefficient (Wildman–Crippen LogP) is 2.22. The highest BCUT2D eigenvalue weighted by atomic mass is 32.2. The molecule has 0 spiro atoms. The molecule has 162 valence electrons. The first-order chi connectivity index (χ1) is 14.9. The number of sulfone groups is 1. The van der Waals surface area contributed by atoms with Crippen molar-refractivity contribution in [3.8, 4) is 11.5 Å². The Morgan fingerprint density at radius 2 is 1.68 bits per heavy atom. The number of carbonyl (C=O) groups is 1. The van der Waals surface area contributed by atoms with E-state index in [1.807, 2.05) is 0 Å². The van der Waals surface area contributed by atoms with Gasteiger partial charge in [-0.15, -0.1) is 0 Å². The van der Waals surface area contributed by atoms with Gasteiger partial charge in [-0.05, 0) is 30.3 Å².